The summed E-state index contributed by atoms with van der Waals surface area (Å²) in [6.45, 7) is 2.55. The Bertz CT molecular complexity index is 324. The van der Waals surface area contributed by atoms with Crippen molar-refractivity contribution in [3.05, 3.63) is 23.7 Å². The number of rotatable bonds is 4. The predicted molar refractivity (Wildman–Crippen MR) is 59.5 cm³/mol. The first kappa shape index (κ1) is 12.6. The van der Waals surface area contributed by atoms with Gasteiger partial charge in [0.2, 0.25) is 5.76 Å². The first-order valence-corrected chi connectivity index (χ1v) is 5.04. The fourth-order valence-corrected chi connectivity index (χ4v) is 1.31. The van der Waals surface area contributed by atoms with E-state index < -0.39 is 0 Å². The Balaban J connectivity index is 2.43. The van der Waals surface area contributed by atoms with E-state index in [1.165, 1.54) is 13.2 Å². The van der Waals surface area contributed by atoms with Crippen molar-refractivity contribution in [2.75, 3.05) is 13.7 Å². The molecule has 4 heteroatoms. The number of allylic oxidation sites excluding steroid dienone is 2. The molecule has 1 N–H and O–H groups in total. The molecule has 1 aliphatic heterocycles. The molecule has 0 saturated carbocycles. The zero-order valence-electron chi connectivity index (χ0n) is 9.47. The molecule has 0 spiro atoms. The van der Waals surface area contributed by atoms with E-state index in [9.17, 15) is 5.11 Å². The SMILES string of the molecule is C#C/C(OC)=C(O)\C=C/CC1OCC(C)O1. The molecule has 0 aliphatic carbocycles. The van der Waals surface area contributed by atoms with Gasteiger partial charge >= 0.3 is 0 Å². The van der Waals surface area contributed by atoms with Gasteiger partial charge in [0.1, 0.15) is 0 Å². The summed E-state index contributed by atoms with van der Waals surface area (Å²) in [5, 5.41) is 9.48. The Morgan fingerprint density at radius 3 is 2.94 bits per heavy atom. The van der Waals surface area contributed by atoms with Gasteiger partial charge in [-0.05, 0) is 18.9 Å². The standard InChI is InChI=1S/C12H16O4/c1-4-11(14-3)10(13)6-5-7-12-15-8-9(2)16-12/h1,5-6,9,12-13H,7-8H2,2-3H3/b6-5-,11-10-. The molecule has 0 bridgehead atoms. The summed E-state index contributed by atoms with van der Waals surface area (Å²) in [6, 6.07) is 0. The van der Waals surface area contributed by atoms with Gasteiger partial charge in [0.15, 0.2) is 12.0 Å². The Kier molecular flexibility index (Phi) is 4.90. The molecule has 1 heterocycles. The second-order valence-corrected chi connectivity index (χ2v) is 3.41. The first-order valence-electron chi connectivity index (χ1n) is 5.04. The smallest absolute Gasteiger partial charge is 0.212 e. The molecule has 1 saturated heterocycles. The molecular weight excluding hydrogens is 208 g/mol. The molecular formula is C12H16O4. The zero-order valence-corrected chi connectivity index (χ0v) is 9.47. The number of aliphatic hydroxyl groups is 1. The van der Waals surface area contributed by atoms with Gasteiger partial charge in [-0.2, -0.15) is 0 Å². The maximum Gasteiger partial charge on any atom is 0.212 e. The van der Waals surface area contributed by atoms with Gasteiger partial charge in [-0.15, -0.1) is 6.42 Å². The van der Waals surface area contributed by atoms with Crippen LogP contribution in [-0.2, 0) is 14.2 Å². The quantitative estimate of drug-likeness (QED) is 0.449. The second kappa shape index (κ2) is 6.21. The van der Waals surface area contributed by atoms with E-state index in [2.05, 4.69) is 5.92 Å². The van der Waals surface area contributed by atoms with Gasteiger partial charge < -0.3 is 19.3 Å². The lowest BCUT2D eigenvalue weighted by atomic mass is 10.3. The molecule has 0 amide bonds. The predicted octanol–water partition coefficient (Wildman–Crippen LogP) is 1.74. The number of methoxy groups -OCH3 is 1. The highest BCUT2D eigenvalue weighted by Crippen LogP contribution is 2.14. The van der Waals surface area contributed by atoms with E-state index >= 15 is 0 Å². The third-order valence-electron chi connectivity index (χ3n) is 2.07. The van der Waals surface area contributed by atoms with Crippen molar-refractivity contribution < 1.29 is 19.3 Å². The number of hydrogen-bond acceptors (Lipinski definition) is 4. The van der Waals surface area contributed by atoms with Gasteiger partial charge in [0.05, 0.1) is 19.8 Å². The summed E-state index contributed by atoms with van der Waals surface area (Å²) >= 11 is 0. The molecule has 0 aromatic rings. The minimum Gasteiger partial charge on any atom is -0.504 e. The largest absolute Gasteiger partial charge is 0.504 e. The van der Waals surface area contributed by atoms with Crippen molar-refractivity contribution in [2.45, 2.75) is 25.7 Å². The maximum atomic E-state index is 9.48. The fourth-order valence-electron chi connectivity index (χ4n) is 1.31. The number of terminal acetylenes is 1. The highest BCUT2D eigenvalue weighted by molar-refractivity contribution is 5.28. The Hall–Kier alpha value is -1.44. The summed E-state index contributed by atoms with van der Waals surface area (Å²) in [4.78, 5) is 0. The van der Waals surface area contributed by atoms with Crippen molar-refractivity contribution in [2.24, 2.45) is 0 Å². The summed E-state index contributed by atoms with van der Waals surface area (Å²) in [6.07, 6.45) is 8.78. The lowest BCUT2D eigenvalue weighted by Gasteiger charge is -2.05. The molecule has 2 unspecified atom stereocenters. The van der Waals surface area contributed by atoms with Crippen molar-refractivity contribution >= 4 is 0 Å². The second-order valence-electron chi connectivity index (χ2n) is 3.41. The van der Waals surface area contributed by atoms with Crippen LogP contribution in [0.5, 0.6) is 0 Å². The Labute approximate surface area is 95.5 Å². The van der Waals surface area contributed by atoms with Crippen LogP contribution in [-0.4, -0.2) is 31.2 Å². The van der Waals surface area contributed by atoms with E-state index in [4.69, 9.17) is 20.6 Å². The third kappa shape index (κ3) is 3.61. The van der Waals surface area contributed by atoms with Crippen LogP contribution < -0.4 is 0 Å². The lowest BCUT2D eigenvalue weighted by molar-refractivity contribution is -0.0510. The average Bonchev–Trinajstić information content (AvgIpc) is 2.66. The molecule has 88 valence electrons. The highest BCUT2D eigenvalue weighted by Gasteiger charge is 2.20. The monoisotopic (exact) mass is 224 g/mol. The van der Waals surface area contributed by atoms with Gasteiger partial charge in [-0.25, -0.2) is 0 Å². The Morgan fingerprint density at radius 2 is 2.44 bits per heavy atom. The number of ether oxygens (including phenoxy) is 3. The van der Waals surface area contributed by atoms with Crippen molar-refractivity contribution in [1.29, 1.82) is 0 Å². The topological polar surface area (TPSA) is 47.9 Å². The van der Waals surface area contributed by atoms with Gasteiger partial charge in [-0.1, -0.05) is 6.08 Å². The van der Waals surface area contributed by atoms with E-state index in [1.807, 2.05) is 6.92 Å². The molecule has 0 radical (unpaired) electrons. The van der Waals surface area contributed by atoms with Crippen LogP contribution in [0, 0.1) is 12.3 Å². The highest BCUT2D eigenvalue weighted by atomic mass is 16.7. The lowest BCUT2D eigenvalue weighted by Crippen LogP contribution is -2.07. The van der Waals surface area contributed by atoms with E-state index in [0.29, 0.717) is 13.0 Å². The van der Waals surface area contributed by atoms with Crippen LogP contribution in [0.3, 0.4) is 0 Å². The van der Waals surface area contributed by atoms with E-state index in [-0.39, 0.29) is 23.9 Å². The van der Waals surface area contributed by atoms with Crippen LogP contribution in [0.4, 0.5) is 0 Å². The van der Waals surface area contributed by atoms with E-state index in [1.54, 1.807) is 6.08 Å². The molecule has 1 aliphatic rings. The summed E-state index contributed by atoms with van der Waals surface area (Å²) in [7, 11) is 1.41. The molecule has 4 nitrogen and oxygen atoms in total. The maximum absolute atomic E-state index is 9.48. The summed E-state index contributed by atoms with van der Waals surface area (Å²) in [5.41, 5.74) is 0. The van der Waals surface area contributed by atoms with Gasteiger partial charge in [0, 0.05) is 6.42 Å². The Morgan fingerprint density at radius 1 is 1.69 bits per heavy atom. The zero-order chi connectivity index (χ0) is 12.0. The molecule has 2 atom stereocenters. The fraction of sp³-hybridized carbons (Fsp3) is 0.500. The van der Waals surface area contributed by atoms with Gasteiger partial charge in [-0.3, -0.25) is 0 Å². The average molecular weight is 224 g/mol. The molecule has 1 rings (SSSR count). The van der Waals surface area contributed by atoms with Crippen LogP contribution in [0.2, 0.25) is 0 Å². The molecule has 1 fully saturated rings. The number of hydrogen-bond donors (Lipinski definition) is 1. The number of aliphatic hydroxyl groups excluding tert-OH is 1. The minimum absolute atomic E-state index is 0.0731. The van der Waals surface area contributed by atoms with Crippen molar-refractivity contribution in [3.8, 4) is 12.3 Å². The normalized spacial score (nSPS) is 26.6. The minimum atomic E-state index is -0.240. The van der Waals surface area contributed by atoms with Crippen LogP contribution in [0.1, 0.15) is 13.3 Å². The summed E-state index contributed by atoms with van der Waals surface area (Å²) < 4.78 is 15.5. The van der Waals surface area contributed by atoms with Crippen LogP contribution in [0.15, 0.2) is 23.7 Å². The summed E-state index contributed by atoms with van der Waals surface area (Å²) in [5.74, 6) is 2.27. The molecule has 0 aromatic carbocycles. The van der Waals surface area contributed by atoms with Crippen molar-refractivity contribution in [1.82, 2.24) is 0 Å². The van der Waals surface area contributed by atoms with Crippen LogP contribution >= 0.6 is 0 Å². The van der Waals surface area contributed by atoms with Crippen LogP contribution in [0.25, 0.3) is 0 Å². The van der Waals surface area contributed by atoms with Crippen molar-refractivity contribution in [3.63, 3.8) is 0 Å². The van der Waals surface area contributed by atoms with E-state index in [0.717, 1.165) is 0 Å². The first-order chi connectivity index (χ1) is 7.67. The molecule has 0 aromatic heterocycles. The molecule has 16 heavy (non-hydrogen) atoms. The third-order valence-corrected chi connectivity index (χ3v) is 2.07. The van der Waals surface area contributed by atoms with Gasteiger partial charge in [0.25, 0.3) is 0 Å².